The summed E-state index contributed by atoms with van der Waals surface area (Å²) in [5, 5.41) is 0. The molecule has 2 aromatic rings. The Bertz CT molecular complexity index is 688. The van der Waals surface area contributed by atoms with Crippen LogP contribution in [0.25, 0.3) is 0 Å². The highest BCUT2D eigenvalue weighted by atomic mass is 127. The minimum absolute atomic E-state index is 0.342. The van der Waals surface area contributed by atoms with Crippen molar-refractivity contribution < 1.29 is 26.3 Å². The second-order valence-corrected chi connectivity index (χ2v) is 8.54. The maximum atomic E-state index is 12.2. The third-order valence-electron chi connectivity index (χ3n) is 4.09. The van der Waals surface area contributed by atoms with E-state index in [2.05, 4.69) is 9.80 Å². The van der Waals surface area contributed by atoms with Crippen molar-refractivity contribution >= 4 is 45.2 Å². The van der Waals surface area contributed by atoms with Crippen molar-refractivity contribution in [3.63, 3.8) is 0 Å². The Hall–Kier alpha value is -0.600. The molecule has 0 N–H and O–H groups in total. The average Bonchev–Trinajstić information content (AvgIpc) is 2.66. The smallest absolute Gasteiger partial charge is 0.194 e. The molecule has 0 aliphatic carbocycles. The molecule has 2 nitrogen and oxygen atoms in total. The molecule has 3 fully saturated rings. The van der Waals surface area contributed by atoms with E-state index in [1.165, 1.54) is 39.3 Å². The van der Waals surface area contributed by atoms with Gasteiger partial charge in [0, 0.05) is 46.4 Å². The van der Waals surface area contributed by atoms with Crippen LogP contribution < -0.4 is 0 Å². The summed E-state index contributed by atoms with van der Waals surface area (Å²) in [6.45, 7) is 7.92. The monoisotopic (exact) mass is 628 g/mol. The lowest BCUT2D eigenvalue weighted by Crippen LogP contribution is -2.55. The van der Waals surface area contributed by atoms with Crippen LogP contribution in [-0.4, -0.2) is 49.1 Å². The summed E-state index contributed by atoms with van der Waals surface area (Å²) in [6.07, 6.45) is 0. The fourth-order valence-corrected chi connectivity index (χ4v) is 3.66. The van der Waals surface area contributed by atoms with Gasteiger partial charge in [-0.2, -0.15) is 0 Å². The summed E-state index contributed by atoms with van der Waals surface area (Å²) in [4.78, 5) is 5.08. The molecule has 2 bridgehead atoms. The van der Waals surface area contributed by atoms with Crippen LogP contribution in [0.2, 0.25) is 0 Å². The van der Waals surface area contributed by atoms with Crippen LogP contribution in [0.4, 0.5) is 26.3 Å². The minimum atomic E-state index is -1.42. The highest BCUT2D eigenvalue weighted by Gasteiger charge is 2.21. The van der Waals surface area contributed by atoms with Crippen molar-refractivity contribution in [2.75, 3.05) is 39.3 Å². The number of hydrogen-bond donors (Lipinski definition) is 0. The Balaban J connectivity index is 0.000000151. The van der Waals surface area contributed by atoms with Gasteiger partial charge in [0.1, 0.15) is 0 Å². The Morgan fingerprint density at radius 2 is 0.714 bits per heavy atom. The van der Waals surface area contributed by atoms with E-state index < -0.39 is 34.9 Å². The van der Waals surface area contributed by atoms with E-state index in [1.807, 2.05) is 0 Å². The SMILES string of the molecule is C1CN2CCN1CC2.Fc1cc(I)cc(F)c1F.Fc1cc(I)cc(F)c1F. The zero-order valence-corrected chi connectivity index (χ0v) is 18.8. The van der Waals surface area contributed by atoms with Gasteiger partial charge in [-0.15, -0.1) is 0 Å². The van der Waals surface area contributed by atoms with Gasteiger partial charge < -0.3 is 0 Å². The molecule has 154 valence electrons. The summed E-state index contributed by atoms with van der Waals surface area (Å²) in [7, 11) is 0. The molecular weight excluding hydrogens is 612 g/mol. The first kappa shape index (κ1) is 23.7. The van der Waals surface area contributed by atoms with Gasteiger partial charge in [-0.25, -0.2) is 26.3 Å². The summed E-state index contributed by atoms with van der Waals surface area (Å²) in [5.74, 6) is -7.43. The molecule has 10 heteroatoms. The molecular formula is C18H16F6I2N2. The van der Waals surface area contributed by atoms with Crippen LogP contribution in [-0.2, 0) is 0 Å². The van der Waals surface area contributed by atoms with Gasteiger partial charge in [-0.3, -0.25) is 9.80 Å². The van der Waals surface area contributed by atoms with Gasteiger partial charge in [0.2, 0.25) is 0 Å². The molecule has 0 amide bonds. The number of rotatable bonds is 0. The van der Waals surface area contributed by atoms with Crippen molar-refractivity contribution in [2.45, 2.75) is 0 Å². The Labute approximate surface area is 186 Å². The number of fused-ring (bicyclic) bond motifs is 3. The van der Waals surface area contributed by atoms with E-state index in [-0.39, 0.29) is 0 Å². The number of benzene rings is 2. The molecule has 0 aromatic heterocycles. The summed E-state index contributed by atoms with van der Waals surface area (Å²) in [6, 6.07) is 3.72. The normalized spacial score (nSPS) is 20.0. The van der Waals surface area contributed by atoms with Crippen molar-refractivity contribution in [3.05, 3.63) is 66.3 Å². The van der Waals surface area contributed by atoms with E-state index in [1.54, 1.807) is 45.2 Å². The van der Waals surface area contributed by atoms with Crippen molar-refractivity contribution in [3.8, 4) is 0 Å². The highest BCUT2D eigenvalue weighted by molar-refractivity contribution is 14.1. The largest absolute Gasteiger partial charge is 0.300 e. The van der Waals surface area contributed by atoms with Crippen LogP contribution in [0.15, 0.2) is 24.3 Å². The highest BCUT2D eigenvalue weighted by Crippen LogP contribution is 2.15. The number of hydrogen-bond acceptors (Lipinski definition) is 2. The predicted octanol–water partition coefficient (Wildman–Crippen LogP) is 5.03. The van der Waals surface area contributed by atoms with Gasteiger partial charge in [-0.1, -0.05) is 0 Å². The van der Waals surface area contributed by atoms with Crippen LogP contribution in [0.3, 0.4) is 0 Å². The Morgan fingerprint density at radius 3 is 0.893 bits per heavy atom. The molecule has 2 aromatic carbocycles. The topological polar surface area (TPSA) is 6.48 Å². The van der Waals surface area contributed by atoms with Crippen LogP contribution >= 0.6 is 45.2 Å². The van der Waals surface area contributed by atoms with E-state index in [9.17, 15) is 26.3 Å². The predicted molar refractivity (Wildman–Crippen MR) is 111 cm³/mol. The summed E-state index contributed by atoms with van der Waals surface area (Å²) in [5.41, 5.74) is 0. The quantitative estimate of drug-likeness (QED) is 0.175. The summed E-state index contributed by atoms with van der Waals surface area (Å²) >= 11 is 3.40. The van der Waals surface area contributed by atoms with E-state index in [0.29, 0.717) is 7.14 Å². The van der Waals surface area contributed by atoms with Gasteiger partial charge in [0.25, 0.3) is 0 Å². The molecule has 5 rings (SSSR count). The molecule has 3 aliphatic heterocycles. The van der Waals surface area contributed by atoms with E-state index in [0.717, 1.165) is 24.3 Å². The lowest BCUT2D eigenvalue weighted by Gasteiger charge is -2.41. The molecule has 0 atom stereocenters. The minimum Gasteiger partial charge on any atom is -0.300 e. The van der Waals surface area contributed by atoms with Crippen molar-refractivity contribution in [1.29, 1.82) is 0 Å². The van der Waals surface area contributed by atoms with Gasteiger partial charge in [0.05, 0.1) is 0 Å². The fraction of sp³-hybridized carbons (Fsp3) is 0.333. The number of piperazine rings is 3. The number of halogens is 8. The van der Waals surface area contributed by atoms with E-state index in [4.69, 9.17) is 0 Å². The van der Waals surface area contributed by atoms with Crippen LogP contribution in [0.5, 0.6) is 0 Å². The lowest BCUT2D eigenvalue weighted by atomic mass is 10.2. The maximum absolute atomic E-state index is 12.2. The first-order valence-electron chi connectivity index (χ1n) is 8.22. The standard InChI is InChI=1S/2C6H2F3I.C6H12N2/c2*7-4-1-3(10)2-5(8)6(4)9;1-2-8-5-3-7(1)4-6-8/h2*1-2H;1-6H2. The molecule has 0 spiro atoms. The Morgan fingerprint density at radius 1 is 0.500 bits per heavy atom. The molecule has 0 radical (unpaired) electrons. The second kappa shape index (κ2) is 11.0. The van der Waals surface area contributed by atoms with Gasteiger partial charge in [-0.05, 0) is 69.4 Å². The molecule has 0 saturated carbocycles. The van der Waals surface area contributed by atoms with Crippen LogP contribution in [0.1, 0.15) is 0 Å². The third kappa shape index (κ3) is 7.02. The van der Waals surface area contributed by atoms with E-state index >= 15 is 0 Å². The second-order valence-electron chi connectivity index (χ2n) is 6.05. The maximum Gasteiger partial charge on any atom is 0.194 e. The average molecular weight is 628 g/mol. The van der Waals surface area contributed by atoms with Crippen LogP contribution in [0, 0.1) is 42.0 Å². The molecule has 0 unspecified atom stereocenters. The zero-order valence-electron chi connectivity index (χ0n) is 14.5. The first-order valence-corrected chi connectivity index (χ1v) is 10.4. The Kier molecular flexibility index (Phi) is 9.28. The molecule has 28 heavy (non-hydrogen) atoms. The fourth-order valence-electron chi connectivity index (χ4n) is 2.57. The molecule has 3 aliphatic rings. The van der Waals surface area contributed by atoms with Crippen molar-refractivity contribution in [2.24, 2.45) is 0 Å². The zero-order chi connectivity index (χ0) is 20.8. The molecule has 3 saturated heterocycles. The third-order valence-corrected chi connectivity index (χ3v) is 5.34. The number of nitrogens with zero attached hydrogens (tertiary/aromatic N) is 2. The van der Waals surface area contributed by atoms with Crippen molar-refractivity contribution in [1.82, 2.24) is 9.80 Å². The lowest BCUT2D eigenvalue weighted by molar-refractivity contribution is 0.0647. The van der Waals surface area contributed by atoms with Gasteiger partial charge in [0.15, 0.2) is 34.9 Å². The summed E-state index contributed by atoms with van der Waals surface area (Å²) < 4.78 is 73.9. The van der Waals surface area contributed by atoms with Gasteiger partial charge >= 0.3 is 0 Å². The first-order chi connectivity index (χ1) is 13.2. The molecule has 3 heterocycles.